The van der Waals surface area contributed by atoms with Gasteiger partial charge in [-0.15, -0.1) is 0 Å². The molecule has 0 bridgehead atoms. The topological polar surface area (TPSA) is 15.3 Å². The first-order chi connectivity index (χ1) is 7.79. The van der Waals surface area contributed by atoms with Gasteiger partial charge >= 0.3 is 0 Å². The van der Waals surface area contributed by atoms with E-state index in [2.05, 4.69) is 24.1 Å². The van der Waals surface area contributed by atoms with Gasteiger partial charge in [-0.05, 0) is 63.7 Å². The summed E-state index contributed by atoms with van der Waals surface area (Å²) in [6, 6.07) is 0.823. The molecule has 2 heteroatoms. The van der Waals surface area contributed by atoms with Gasteiger partial charge in [-0.3, -0.25) is 0 Å². The van der Waals surface area contributed by atoms with Gasteiger partial charge in [-0.1, -0.05) is 20.3 Å². The van der Waals surface area contributed by atoms with Crippen LogP contribution < -0.4 is 5.32 Å². The maximum Gasteiger partial charge on any atom is 0.00928 e. The summed E-state index contributed by atoms with van der Waals surface area (Å²) in [5.74, 6) is 1.85. The van der Waals surface area contributed by atoms with E-state index >= 15 is 0 Å². The van der Waals surface area contributed by atoms with E-state index in [0.29, 0.717) is 0 Å². The summed E-state index contributed by atoms with van der Waals surface area (Å²) in [5, 5.41) is 3.82. The first kappa shape index (κ1) is 12.4. The fourth-order valence-electron chi connectivity index (χ4n) is 3.27. The highest BCUT2D eigenvalue weighted by Crippen LogP contribution is 2.25. The molecule has 2 unspecified atom stereocenters. The van der Waals surface area contributed by atoms with E-state index in [9.17, 15) is 0 Å². The summed E-state index contributed by atoms with van der Waals surface area (Å²) >= 11 is 0. The lowest BCUT2D eigenvalue weighted by atomic mass is 9.96. The van der Waals surface area contributed by atoms with E-state index in [1.807, 2.05) is 0 Å². The van der Waals surface area contributed by atoms with Crippen molar-refractivity contribution < 1.29 is 0 Å². The van der Waals surface area contributed by atoms with E-state index in [4.69, 9.17) is 0 Å². The van der Waals surface area contributed by atoms with Crippen LogP contribution in [0.5, 0.6) is 0 Å². The first-order valence-corrected chi connectivity index (χ1v) is 7.25. The van der Waals surface area contributed by atoms with Crippen LogP contribution in [0.1, 0.15) is 46.0 Å². The van der Waals surface area contributed by atoms with Crippen molar-refractivity contribution in [1.82, 2.24) is 10.2 Å². The van der Waals surface area contributed by atoms with Crippen molar-refractivity contribution in [2.75, 3.05) is 26.2 Å². The number of nitrogens with one attached hydrogen (secondary N) is 1. The standard InChI is InChI=1S/C14H28N2/c1-3-16-9-7-13(8-10-16)11-15-14-6-4-5-12(14)2/h12-15H,3-11H2,1-2H3. The lowest BCUT2D eigenvalue weighted by Crippen LogP contribution is -2.40. The Bertz CT molecular complexity index is 197. The summed E-state index contributed by atoms with van der Waals surface area (Å²) in [6.07, 6.45) is 7.10. The molecular formula is C14H28N2. The molecule has 1 saturated heterocycles. The third-order valence-electron chi connectivity index (χ3n) is 4.68. The van der Waals surface area contributed by atoms with Crippen LogP contribution in [0.2, 0.25) is 0 Å². The fourth-order valence-corrected chi connectivity index (χ4v) is 3.27. The molecule has 2 atom stereocenters. The van der Waals surface area contributed by atoms with Gasteiger partial charge in [0.25, 0.3) is 0 Å². The molecule has 2 fully saturated rings. The van der Waals surface area contributed by atoms with Gasteiger partial charge in [-0.25, -0.2) is 0 Å². The van der Waals surface area contributed by atoms with E-state index < -0.39 is 0 Å². The zero-order chi connectivity index (χ0) is 11.4. The van der Waals surface area contributed by atoms with E-state index in [1.165, 1.54) is 58.3 Å². The molecule has 1 saturated carbocycles. The SMILES string of the molecule is CCN1CCC(CNC2CCCC2C)CC1. The largest absolute Gasteiger partial charge is 0.313 e. The van der Waals surface area contributed by atoms with E-state index in [-0.39, 0.29) is 0 Å². The molecule has 1 heterocycles. The Morgan fingerprint density at radius 2 is 1.88 bits per heavy atom. The average molecular weight is 224 g/mol. The molecule has 0 aromatic heterocycles. The van der Waals surface area contributed by atoms with E-state index in [0.717, 1.165) is 17.9 Å². The van der Waals surface area contributed by atoms with Crippen molar-refractivity contribution in [3.05, 3.63) is 0 Å². The number of nitrogens with zero attached hydrogens (tertiary/aromatic N) is 1. The first-order valence-electron chi connectivity index (χ1n) is 7.25. The molecule has 0 aromatic carbocycles. The number of hydrogen-bond acceptors (Lipinski definition) is 2. The number of likely N-dealkylation sites (tertiary alicyclic amines) is 1. The molecule has 2 rings (SSSR count). The lowest BCUT2D eigenvalue weighted by molar-refractivity contribution is 0.186. The summed E-state index contributed by atoms with van der Waals surface area (Å²) in [4.78, 5) is 2.58. The van der Waals surface area contributed by atoms with Crippen molar-refractivity contribution in [3.63, 3.8) is 0 Å². The van der Waals surface area contributed by atoms with Crippen LogP contribution in [0.25, 0.3) is 0 Å². The molecule has 0 radical (unpaired) electrons. The van der Waals surface area contributed by atoms with Gasteiger partial charge in [0.15, 0.2) is 0 Å². The monoisotopic (exact) mass is 224 g/mol. The highest BCUT2D eigenvalue weighted by molar-refractivity contribution is 4.82. The van der Waals surface area contributed by atoms with Crippen molar-refractivity contribution >= 4 is 0 Å². The Balaban J connectivity index is 1.63. The van der Waals surface area contributed by atoms with Gasteiger partial charge in [-0.2, -0.15) is 0 Å². The molecule has 0 aromatic rings. The molecule has 1 aliphatic carbocycles. The van der Waals surface area contributed by atoms with E-state index in [1.54, 1.807) is 0 Å². The van der Waals surface area contributed by atoms with Crippen molar-refractivity contribution in [3.8, 4) is 0 Å². The second kappa shape index (κ2) is 6.02. The smallest absolute Gasteiger partial charge is 0.00928 e. The van der Waals surface area contributed by atoms with Crippen molar-refractivity contribution in [2.24, 2.45) is 11.8 Å². The van der Waals surface area contributed by atoms with Gasteiger partial charge in [0.05, 0.1) is 0 Å². The number of hydrogen-bond donors (Lipinski definition) is 1. The second-order valence-electron chi connectivity index (χ2n) is 5.80. The summed E-state index contributed by atoms with van der Waals surface area (Å²) < 4.78 is 0. The maximum atomic E-state index is 3.82. The van der Waals surface area contributed by atoms with Crippen LogP contribution >= 0.6 is 0 Å². The van der Waals surface area contributed by atoms with Crippen LogP contribution in [0.3, 0.4) is 0 Å². The zero-order valence-electron chi connectivity index (χ0n) is 11.0. The molecule has 1 N–H and O–H groups in total. The molecular weight excluding hydrogens is 196 g/mol. The fraction of sp³-hybridized carbons (Fsp3) is 1.00. The summed E-state index contributed by atoms with van der Waals surface area (Å²) in [7, 11) is 0. The summed E-state index contributed by atoms with van der Waals surface area (Å²) in [5.41, 5.74) is 0. The minimum absolute atomic E-state index is 0.823. The quantitative estimate of drug-likeness (QED) is 0.789. The minimum Gasteiger partial charge on any atom is -0.313 e. The van der Waals surface area contributed by atoms with Gasteiger partial charge in [0.1, 0.15) is 0 Å². The lowest BCUT2D eigenvalue weighted by Gasteiger charge is -2.32. The van der Waals surface area contributed by atoms with Crippen LogP contribution in [0.4, 0.5) is 0 Å². The Hall–Kier alpha value is -0.0800. The predicted octanol–water partition coefficient (Wildman–Crippen LogP) is 2.50. The minimum atomic E-state index is 0.823. The number of rotatable bonds is 4. The third kappa shape index (κ3) is 3.21. The van der Waals surface area contributed by atoms with Gasteiger partial charge in [0, 0.05) is 6.04 Å². The third-order valence-corrected chi connectivity index (χ3v) is 4.68. The van der Waals surface area contributed by atoms with Crippen LogP contribution in [0, 0.1) is 11.8 Å². The van der Waals surface area contributed by atoms with Gasteiger partial charge in [0.2, 0.25) is 0 Å². The molecule has 0 spiro atoms. The molecule has 94 valence electrons. The zero-order valence-corrected chi connectivity index (χ0v) is 11.0. The molecule has 16 heavy (non-hydrogen) atoms. The maximum absolute atomic E-state index is 3.82. The molecule has 0 amide bonds. The Morgan fingerprint density at radius 3 is 2.44 bits per heavy atom. The number of piperidine rings is 1. The highest BCUT2D eigenvalue weighted by Gasteiger charge is 2.24. The second-order valence-corrected chi connectivity index (χ2v) is 5.80. The summed E-state index contributed by atoms with van der Waals surface area (Å²) in [6.45, 7) is 9.83. The van der Waals surface area contributed by atoms with Crippen molar-refractivity contribution in [2.45, 2.75) is 52.0 Å². The van der Waals surface area contributed by atoms with Crippen LogP contribution in [0.15, 0.2) is 0 Å². The normalized spacial score (nSPS) is 33.4. The Labute approximate surface area is 101 Å². The van der Waals surface area contributed by atoms with Crippen LogP contribution in [-0.4, -0.2) is 37.1 Å². The Kier molecular flexibility index (Phi) is 4.66. The van der Waals surface area contributed by atoms with Gasteiger partial charge < -0.3 is 10.2 Å². The molecule has 2 aliphatic rings. The molecule has 2 nitrogen and oxygen atoms in total. The predicted molar refractivity (Wildman–Crippen MR) is 69.6 cm³/mol. The molecule has 1 aliphatic heterocycles. The van der Waals surface area contributed by atoms with Crippen molar-refractivity contribution in [1.29, 1.82) is 0 Å². The average Bonchev–Trinajstić information content (AvgIpc) is 2.73. The highest BCUT2D eigenvalue weighted by atomic mass is 15.1. The van der Waals surface area contributed by atoms with Crippen LogP contribution in [-0.2, 0) is 0 Å². The Morgan fingerprint density at radius 1 is 1.12 bits per heavy atom.